The summed E-state index contributed by atoms with van der Waals surface area (Å²) >= 11 is 0. The van der Waals surface area contributed by atoms with Gasteiger partial charge in [-0.15, -0.1) is 6.58 Å². The van der Waals surface area contributed by atoms with Crippen LogP contribution in [0.25, 0.3) is 0 Å². The van der Waals surface area contributed by atoms with E-state index in [1.807, 2.05) is 38.1 Å². The number of benzene rings is 1. The van der Waals surface area contributed by atoms with Crippen molar-refractivity contribution < 1.29 is 14.2 Å². The molecule has 1 heterocycles. The minimum atomic E-state index is -0.521. The predicted octanol–water partition coefficient (Wildman–Crippen LogP) is 3.69. The first-order valence-corrected chi connectivity index (χ1v) is 7.19. The highest BCUT2D eigenvalue weighted by Crippen LogP contribution is 2.30. The molecule has 20 heavy (non-hydrogen) atoms. The molecule has 1 fully saturated rings. The maximum Gasteiger partial charge on any atom is 0.163 e. The summed E-state index contributed by atoms with van der Waals surface area (Å²) in [4.78, 5) is 0. The Labute approximate surface area is 121 Å². The molecule has 0 saturated carbocycles. The van der Waals surface area contributed by atoms with E-state index in [1.54, 1.807) is 0 Å². The Morgan fingerprint density at radius 3 is 2.60 bits per heavy atom. The number of hydrogen-bond donors (Lipinski definition) is 0. The van der Waals surface area contributed by atoms with Gasteiger partial charge in [-0.3, -0.25) is 0 Å². The second-order valence-corrected chi connectivity index (χ2v) is 5.58. The molecule has 0 spiro atoms. The average molecular weight is 276 g/mol. The van der Waals surface area contributed by atoms with Crippen molar-refractivity contribution in [3.8, 4) is 0 Å². The number of rotatable bonds is 7. The molecular weight excluding hydrogens is 252 g/mol. The molecule has 0 unspecified atom stereocenters. The third-order valence-electron chi connectivity index (χ3n) is 3.33. The summed E-state index contributed by atoms with van der Waals surface area (Å²) in [6, 6.07) is 10.2. The molecule has 110 valence electrons. The molecule has 1 aromatic rings. The van der Waals surface area contributed by atoms with Crippen LogP contribution in [-0.2, 0) is 20.8 Å². The smallest absolute Gasteiger partial charge is 0.163 e. The fraction of sp³-hybridized carbons (Fsp3) is 0.529. The third kappa shape index (κ3) is 4.44. The van der Waals surface area contributed by atoms with Crippen molar-refractivity contribution in [1.29, 1.82) is 0 Å². The van der Waals surface area contributed by atoms with Crippen LogP contribution in [0.3, 0.4) is 0 Å². The van der Waals surface area contributed by atoms with Crippen molar-refractivity contribution in [3.63, 3.8) is 0 Å². The highest BCUT2D eigenvalue weighted by molar-refractivity contribution is 5.13. The van der Waals surface area contributed by atoms with Gasteiger partial charge in [0.05, 0.1) is 19.3 Å². The summed E-state index contributed by atoms with van der Waals surface area (Å²) in [7, 11) is 0. The zero-order valence-corrected chi connectivity index (χ0v) is 12.4. The molecule has 2 rings (SSSR count). The fourth-order valence-corrected chi connectivity index (χ4v) is 2.44. The van der Waals surface area contributed by atoms with E-state index in [-0.39, 0.29) is 12.2 Å². The van der Waals surface area contributed by atoms with E-state index >= 15 is 0 Å². The van der Waals surface area contributed by atoms with Gasteiger partial charge in [-0.2, -0.15) is 0 Å². The Balaban J connectivity index is 1.82. The molecule has 1 saturated heterocycles. The van der Waals surface area contributed by atoms with Gasteiger partial charge in [0.2, 0.25) is 0 Å². The van der Waals surface area contributed by atoms with Crippen LogP contribution in [0.5, 0.6) is 0 Å². The summed E-state index contributed by atoms with van der Waals surface area (Å²) in [5.41, 5.74) is 1.17. The predicted molar refractivity (Wildman–Crippen MR) is 79.4 cm³/mol. The van der Waals surface area contributed by atoms with Crippen LogP contribution in [0.15, 0.2) is 43.0 Å². The summed E-state index contributed by atoms with van der Waals surface area (Å²) in [5, 5.41) is 0. The van der Waals surface area contributed by atoms with E-state index in [2.05, 4.69) is 18.7 Å². The Hall–Kier alpha value is -1.16. The zero-order valence-electron chi connectivity index (χ0n) is 12.4. The molecule has 1 aliphatic rings. The first kappa shape index (κ1) is 15.2. The summed E-state index contributed by atoms with van der Waals surface area (Å²) in [6.45, 7) is 8.82. The second kappa shape index (κ2) is 7.02. The molecule has 0 amide bonds. The number of ether oxygens (including phenoxy) is 3. The Morgan fingerprint density at radius 2 is 1.90 bits per heavy atom. The topological polar surface area (TPSA) is 27.7 Å². The van der Waals surface area contributed by atoms with Crippen LogP contribution < -0.4 is 0 Å². The van der Waals surface area contributed by atoms with Gasteiger partial charge < -0.3 is 14.2 Å². The lowest BCUT2D eigenvalue weighted by atomic mass is 10.1. The Bertz CT molecular complexity index is 414. The van der Waals surface area contributed by atoms with E-state index in [0.29, 0.717) is 13.2 Å². The second-order valence-electron chi connectivity index (χ2n) is 5.58. The summed E-state index contributed by atoms with van der Waals surface area (Å²) in [5.74, 6) is -0.521. The van der Waals surface area contributed by atoms with Crippen molar-refractivity contribution in [1.82, 2.24) is 0 Å². The van der Waals surface area contributed by atoms with Gasteiger partial charge >= 0.3 is 0 Å². The number of allylic oxidation sites excluding steroid dienone is 1. The van der Waals surface area contributed by atoms with Gasteiger partial charge in [0.15, 0.2) is 5.79 Å². The molecule has 0 radical (unpaired) electrons. The van der Waals surface area contributed by atoms with Gasteiger partial charge in [0.25, 0.3) is 0 Å². The van der Waals surface area contributed by atoms with Crippen LogP contribution in [0, 0.1) is 0 Å². The molecule has 0 N–H and O–H groups in total. The maximum atomic E-state index is 5.92. The van der Waals surface area contributed by atoms with Gasteiger partial charge in [0, 0.05) is 0 Å². The van der Waals surface area contributed by atoms with Gasteiger partial charge in [-0.1, -0.05) is 36.4 Å². The van der Waals surface area contributed by atoms with Crippen LogP contribution in [0.4, 0.5) is 0 Å². The van der Waals surface area contributed by atoms with Crippen molar-refractivity contribution in [2.75, 3.05) is 6.61 Å². The van der Waals surface area contributed by atoms with Crippen molar-refractivity contribution in [2.45, 2.75) is 51.3 Å². The fourth-order valence-electron chi connectivity index (χ4n) is 2.44. The van der Waals surface area contributed by atoms with Gasteiger partial charge in [-0.25, -0.2) is 0 Å². The van der Waals surface area contributed by atoms with Crippen molar-refractivity contribution in [3.05, 3.63) is 48.6 Å². The molecule has 3 heteroatoms. The van der Waals surface area contributed by atoms with E-state index in [4.69, 9.17) is 14.2 Å². The van der Waals surface area contributed by atoms with E-state index < -0.39 is 5.79 Å². The molecule has 1 aromatic carbocycles. The third-order valence-corrected chi connectivity index (χ3v) is 3.33. The highest BCUT2D eigenvalue weighted by Gasteiger charge is 2.40. The maximum absolute atomic E-state index is 5.92. The van der Waals surface area contributed by atoms with E-state index in [0.717, 1.165) is 12.8 Å². The summed E-state index contributed by atoms with van der Waals surface area (Å²) in [6.07, 6.45) is 3.84. The van der Waals surface area contributed by atoms with Gasteiger partial charge in [0.1, 0.15) is 6.10 Å². The van der Waals surface area contributed by atoms with E-state index in [9.17, 15) is 0 Å². The monoisotopic (exact) mass is 276 g/mol. The molecule has 2 atom stereocenters. The molecular formula is C17H24O3. The van der Waals surface area contributed by atoms with Crippen molar-refractivity contribution >= 4 is 0 Å². The normalized spacial score (nSPS) is 24.7. The molecule has 0 aromatic heterocycles. The first-order chi connectivity index (χ1) is 9.61. The van der Waals surface area contributed by atoms with Crippen LogP contribution in [-0.4, -0.2) is 24.6 Å². The SMILES string of the molecule is C=CCC[C@@H]1OC(C)(C)O[C@@H]1COCc1ccccc1. The minimum Gasteiger partial charge on any atom is -0.374 e. The Morgan fingerprint density at radius 1 is 1.20 bits per heavy atom. The van der Waals surface area contributed by atoms with Crippen LogP contribution in [0.2, 0.25) is 0 Å². The average Bonchev–Trinajstić information content (AvgIpc) is 2.72. The molecule has 0 aliphatic carbocycles. The molecule has 0 bridgehead atoms. The Kier molecular flexibility index (Phi) is 5.35. The minimum absolute atomic E-state index is 0.00587. The largest absolute Gasteiger partial charge is 0.374 e. The lowest BCUT2D eigenvalue weighted by Crippen LogP contribution is -2.27. The van der Waals surface area contributed by atoms with Crippen LogP contribution in [0.1, 0.15) is 32.3 Å². The quantitative estimate of drug-likeness (QED) is 0.711. The molecule has 1 aliphatic heterocycles. The highest BCUT2D eigenvalue weighted by atomic mass is 16.8. The summed E-state index contributed by atoms with van der Waals surface area (Å²) < 4.78 is 17.6. The van der Waals surface area contributed by atoms with Crippen molar-refractivity contribution in [2.24, 2.45) is 0 Å². The zero-order chi connectivity index (χ0) is 14.4. The standard InChI is InChI=1S/C17H24O3/c1-4-5-11-15-16(20-17(2,3)19-15)13-18-12-14-9-7-6-8-10-14/h4,6-10,15-16H,1,5,11-13H2,2-3H3/t15-,16+/m0/s1. The lowest BCUT2D eigenvalue weighted by molar-refractivity contribution is -0.151. The first-order valence-electron chi connectivity index (χ1n) is 7.19. The lowest BCUT2D eigenvalue weighted by Gasteiger charge is -2.16. The van der Waals surface area contributed by atoms with Crippen LogP contribution >= 0.6 is 0 Å². The van der Waals surface area contributed by atoms with E-state index in [1.165, 1.54) is 5.56 Å². The van der Waals surface area contributed by atoms with Gasteiger partial charge in [-0.05, 0) is 32.3 Å². The number of hydrogen-bond acceptors (Lipinski definition) is 3. The molecule has 3 nitrogen and oxygen atoms in total.